The van der Waals surface area contributed by atoms with Gasteiger partial charge in [0.25, 0.3) is 11.6 Å². The molecule has 0 saturated carbocycles. The van der Waals surface area contributed by atoms with Crippen LogP contribution < -0.4 is 19.5 Å². The topological polar surface area (TPSA) is 117 Å². The maximum absolute atomic E-state index is 12.5. The zero-order valence-electron chi connectivity index (χ0n) is 15.6. The number of nitro benzene ring substituents is 1. The Hall–Kier alpha value is -3.62. The van der Waals surface area contributed by atoms with E-state index in [0.29, 0.717) is 30.0 Å². The number of ether oxygens (including phenoxy) is 3. The lowest BCUT2D eigenvalue weighted by molar-refractivity contribution is -0.384. The van der Waals surface area contributed by atoms with Crippen LogP contribution in [0.2, 0.25) is 0 Å². The average molecular weight is 388 g/mol. The molecule has 0 heterocycles. The molecule has 0 spiro atoms. The van der Waals surface area contributed by atoms with E-state index in [1.807, 2.05) is 0 Å². The van der Waals surface area contributed by atoms with Crippen LogP contribution in [-0.2, 0) is 4.79 Å². The largest absolute Gasteiger partial charge is 0.494 e. The van der Waals surface area contributed by atoms with Crippen LogP contribution in [0.1, 0.15) is 24.2 Å². The number of nitrogens with zero attached hydrogens (tertiary/aromatic N) is 1. The summed E-state index contributed by atoms with van der Waals surface area (Å²) in [4.78, 5) is 33.7. The molecule has 148 valence electrons. The van der Waals surface area contributed by atoms with E-state index < -0.39 is 16.9 Å². The van der Waals surface area contributed by atoms with Crippen LogP contribution >= 0.6 is 0 Å². The average Bonchev–Trinajstić information content (AvgIpc) is 2.69. The maximum Gasteiger partial charge on any atom is 0.273 e. The minimum atomic E-state index is -0.916. The molecule has 2 aromatic rings. The van der Waals surface area contributed by atoms with Crippen LogP contribution in [0.4, 0.5) is 11.4 Å². The van der Waals surface area contributed by atoms with Gasteiger partial charge in [-0.1, -0.05) is 0 Å². The number of rotatable bonds is 9. The summed E-state index contributed by atoms with van der Waals surface area (Å²) in [6, 6.07) is 8.48. The highest BCUT2D eigenvalue weighted by molar-refractivity contribution is 5.95. The van der Waals surface area contributed by atoms with Gasteiger partial charge in [0.2, 0.25) is 0 Å². The summed E-state index contributed by atoms with van der Waals surface area (Å²) in [6.45, 7) is 3.68. The highest BCUT2D eigenvalue weighted by atomic mass is 16.6. The predicted molar refractivity (Wildman–Crippen MR) is 101 cm³/mol. The Morgan fingerprint density at radius 1 is 1.21 bits per heavy atom. The SMILES string of the molecule is CCOc1cc(C=O)ccc1O[C@@H](C)C(=O)Nc1ccc([N+](=O)[O-])cc1OC. The number of carbonyl (C=O) groups is 2. The fourth-order valence-corrected chi connectivity index (χ4v) is 2.34. The van der Waals surface area contributed by atoms with Crippen LogP contribution in [0.5, 0.6) is 17.2 Å². The van der Waals surface area contributed by atoms with Crippen molar-refractivity contribution in [2.45, 2.75) is 20.0 Å². The van der Waals surface area contributed by atoms with Crippen LogP contribution in [0, 0.1) is 10.1 Å². The molecule has 9 heteroatoms. The first-order valence-corrected chi connectivity index (χ1v) is 8.41. The van der Waals surface area contributed by atoms with Crippen molar-refractivity contribution in [3.8, 4) is 17.2 Å². The second-order valence-corrected chi connectivity index (χ2v) is 5.65. The van der Waals surface area contributed by atoms with Crippen molar-refractivity contribution < 1.29 is 28.7 Å². The molecule has 28 heavy (non-hydrogen) atoms. The monoisotopic (exact) mass is 388 g/mol. The normalized spacial score (nSPS) is 11.2. The van der Waals surface area contributed by atoms with Gasteiger partial charge in [-0.3, -0.25) is 19.7 Å². The van der Waals surface area contributed by atoms with Gasteiger partial charge in [-0.25, -0.2) is 0 Å². The first-order chi connectivity index (χ1) is 13.4. The smallest absolute Gasteiger partial charge is 0.273 e. The molecule has 2 rings (SSSR count). The standard InChI is InChI=1S/C19H20N2O7/c1-4-27-18-9-13(11-22)5-8-16(18)28-12(2)19(23)20-15-7-6-14(21(24)25)10-17(15)26-3/h5-12H,4H2,1-3H3,(H,20,23)/t12-/m0/s1. The summed E-state index contributed by atoms with van der Waals surface area (Å²) >= 11 is 0. The second kappa shape index (κ2) is 9.36. The summed E-state index contributed by atoms with van der Waals surface area (Å²) in [5.74, 6) is 0.319. The van der Waals surface area contributed by atoms with Crippen molar-refractivity contribution >= 4 is 23.6 Å². The molecular weight excluding hydrogens is 368 g/mol. The molecule has 0 fully saturated rings. The van der Waals surface area contributed by atoms with Crippen molar-refractivity contribution in [1.29, 1.82) is 0 Å². The number of benzene rings is 2. The first kappa shape index (κ1) is 20.7. The van der Waals surface area contributed by atoms with Gasteiger partial charge in [0.15, 0.2) is 17.6 Å². The molecule has 9 nitrogen and oxygen atoms in total. The molecule has 0 bridgehead atoms. The molecule has 0 aromatic heterocycles. The Balaban J connectivity index is 2.15. The van der Waals surface area contributed by atoms with E-state index >= 15 is 0 Å². The zero-order valence-corrected chi connectivity index (χ0v) is 15.6. The van der Waals surface area contributed by atoms with Gasteiger partial charge < -0.3 is 19.5 Å². The van der Waals surface area contributed by atoms with E-state index in [1.54, 1.807) is 19.1 Å². The Kier molecular flexibility index (Phi) is 6.91. The van der Waals surface area contributed by atoms with Crippen LogP contribution in [0.15, 0.2) is 36.4 Å². The predicted octanol–water partition coefficient (Wildman–Crippen LogP) is 3.22. The van der Waals surface area contributed by atoms with Crippen LogP contribution in [0.3, 0.4) is 0 Å². The van der Waals surface area contributed by atoms with Crippen molar-refractivity contribution in [1.82, 2.24) is 0 Å². The number of hydrogen-bond acceptors (Lipinski definition) is 7. The van der Waals surface area contributed by atoms with Crippen molar-refractivity contribution in [2.75, 3.05) is 19.0 Å². The van der Waals surface area contributed by atoms with Gasteiger partial charge in [-0.05, 0) is 38.1 Å². The van der Waals surface area contributed by atoms with E-state index in [9.17, 15) is 19.7 Å². The lowest BCUT2D eigenvalue weighted by atomic mass is 10.2. The second-order valence-electron chi connectivity index (χ2n) is 5.65. The molecule has 0 saturated heterocycles. The highest BCUT2D eigenvalue weighted by Crippen LogP contribution is 2.31. The number of nitrogens with one attached hydrogen (secondary N) is 1. The Morgan fingerprint density at radius 3 is 2.57 bits per heavy atom. The fraction of sp³-hybridized carbons (Fsp3) is 0.263. The number of amides is 1. The summed E-state index contributed by atoms with van der Waals surface area (Å²) in [6.07, 6.45) is -0.232. The van der Waals surface area contributed by atoms with Crippen LogP contribution in [0.25, 0.3) is 0 Å². The lowest BCUT2D eigenvalue weighted by Crippen LogP contribution is -2.30. The van der Waals surface area contributed by atoms with E-state index in [4.69, 9.17) is 14.2 Å². The number of carbonyl (C=O) groups excluding carboxylic acids is 2. The Bertz CT molecular complexity index is 883. The third-order valence-electron chi connectivity index (χ3n) is 3.73. The maximum atomic E-state index is 12.5. The molecule has 2 aromatic carbocycles. The Labute approximate surface area is 161 Å². The zero-order chi connectivity index (χ0) is 20.7. The quantitative estimate of drug-likeness (QED) is 0.398. The number of non-ortho nitro benzene ring substituents is 1. The first-order valence-electron chi connectivity index (χ1n) is 8.41. The van der Waals surface area contributed by atoms with E-state index in [-0.39, 0.29) is 17.1 Å². The van der Waals surface area contributed by atoms with E-state index in [2.05, 4.69) is 5.32 Å². The third kappa shape index (κ3) is 4.97. The summed E-state index contributed by atoms with van der Waals surface area (Å²) in [5.41, 5.74) is 0.536. The van der Waals surface area contributed by atoms with E-state index in [1.165, 1.54) is 38.3 Å². The number of nitro groups is 1. The molecule has 0 aliphatic rings. The molecular formula is C19H20N2O7. The van der Waals surface area contributed by atoms with Gasteiger partial charge in [0.1, 0.15) is 12.0 Å². The lowest BCUT2D eigenvalue weighted by Gasteiger charge is -2.18. The molecule has 0 unspecified atom stereocenters. The van der Waals surface area contributed by atoms with Crippen LogP contribution in [-0.4, -0.2) is 36.9 Å². The summed E-state index contributed by atoms with van der Waals surface area (Å²) in [5, 5.41) is 13.5. The summed E-state index contributed by atoms with van der Waals surface area (Å²) < 4.78 is 16.2. The number of aldehydes is 1. The number of hydrogen-bond donors (Lipinski definition) is 1. The fourth-order valence-electron chi connectivity index (χ4n) is 2.34. The van der Waals surface area contributed by atoms with Crippen molar-refractivity contribution in [2.24, 2.45) is 0 Å². The summed E-state index contributed by atoms with van der Waals surface area (Å²) in [7, 11) is 1.34. The third-order valence-corrected chi connectivity index (χ3v) is 3.73. The minimum absolute atomic E-state index is 0.153. The number of anilines is 1. The van der Waals surface area contributed by atoms with Gasteiger partial charge >= 0.3 is 0 Å². The number of methoxy groups -OCH3 is 1. The van der Waals surface area contributed by atoms with Crippen molar-refractivity contribution in [3.05, 3.63) is 52.1 Å². The van der Waals surface area contributed by atoms with Gasteiger partial charge in [0, 0.05) is 11.6 Å². The molecule has 0 aliphatic heterocycles. The highest BCUT2D eigenvalue weighted by Gasteiger charge is 2.20. The van der Waals surface area contributed by atoms with Gasteiger partial charge in [-0.2, -0.15) is 0 Å². The van der Waals surface area contributed by atoms with Gasteiger partial charge in [0.05, 0.1) is 30.4 Å². The van der Waals surface area contributed by atoms with Gasteiger partial charge in [-0.15, -0.1) is 0 Å². The van der Waals surface area contributed by atoms with Crippen molar-refractivity contribution in [3.63, 3.8) is 0 Å². The molecule has 1 amide bonds. The molecule has 1 atom stereocenters. The molecule has 0 radical (unpaired) electrons. The van der Waals surface area contributed by atoms with E-state index in [0.717, 1.165) is 0 Å². The Morgan fingerprint density at radius 2 is 1.96 bits per heavy atom. The molecule has 0 aliphatic carbocycles. The minimum Gasteiger partial charge on any atom is -0.494 e. The molecule has 1 N–H and O–H groups in total.